The van der Waals surface area contributed by atoms with Gasteiger partial charge in [-0.3, -0.25) is 4.79 Å². The first kappa shape index (κ1) is 10.6. The molecule has 0 bridgehead atoms. The van der Waals surface area contributed by atoms with Gasteiger partial charge in [0.05, 0.1) is 5.92 Å². The van der Waals surface area contributed by atoms with Crippen LogP contribution in [-0.2, 0) is 14.3 Å². The molecule has 0 amide bonds. The Morgan fingerprint density at radius 1 is 1.25 bits per heavy atom. The van der Waals surface area contributed by atoms with Crippen LogP contribution in [0.2, 0.25) is 0 Å². The van der Waals surface area contributed by atoms with E-state index in [4.69, 9.17) is 9.47 Å². The molecule has 3 fully saturated rings. The molecule has 3 rings (SSSR count). The molecule has 1 unspecified atom stereocenters. The zero-order valence-corrected chi connectivity index (χ0v) is 9.96. The topological polar surface area (TPSA) is 35.5 Å². The van der Waals surface area contributed by atoms with Gasteiger partial charge < -0.3 is 9.47 Å². The molecule has 3 aliphatic rings. The number of carbonyl (C=O) groups excluding carboxylic acids is 1. The van der Waals surface area contributed by atoms with E-state index in [1.807, 2.05) is 0 Å². The molecule has 3 heteroatoms. The maximum Gasteiger partial charge on any atom is 0.309 e. The molecule has 16 heavy (non-hydrogen) atoms. The van der Waals surface area contributed by atoms with Crippen LogP contribution in [0, 0.1) is 11.3 Å². The summed E-state index contributed by atoms with van der Waals surface area (Å²) in [6.07, 6.45) is 8.22. The highest BCUT2D eigenvalue weighted by molar-refractivity contribution is 5.77. The smallest absolute Gasteiger partial charge is 0.309 e. The van der Waals surface area contributed by atoms with Crippen molar-refractivity contribution >= 4 is 5.97 Å². The third-order valence-electron chi connectivity index (χ3n) is 4.79. The van der Waals surface area contributed by atoms with Gasteiger partial charge in [-0.05, 0) is 37.5 Å². The molecule has 90 valence electrons. The predicted molar refractivity (Wildman–Crippen MR) is 58.9 cm³/mol. The van der Waals surface area contributed by atoms with Gasteiger partial charge in [-0.15, -0.1) is 0 Å². The van der Waals surface area contributed by atoms with E-state index in [2.05, 4.69) is 0 Å². The van der Waals surface area contributed by atoms with Crippen LogP contribution >= 0.6 is 0 Å². The first-order chi connectivity index (χ1) is 7.70. The fourth-order valence-corrected chi connectivity index (χ4v) is 3.16. The standard InChI is InChI=1S/C13H20O3/c1-15-13(6-7-13)9-16-11(14)10-8-12(10)4-2-3-5-12/h10H,2-9H2,1H3. The second-order valence-electron chi connectivity index (χ2n) is 5.82. The molecular formula is C13H20O3. The van der Waals surface area contributed by atoms with Crippen LogP contribution in [0.5, 0.6) is 0 Å². The molecule has 3 saturated carbocycles. The molecule has 0 aromatic rings. The van der Waals surface area contributed by atoms with Crippen molar-refractivity contribution in [1.29, 1.82) is 0 Å². The largest absolute Gasteiger partial charge is 0.462 e. The Kier molecular flexibility index (Phi) is 2.29. The molecule has 0 aliphatic heterocycles. The lowest BCUT2D eigenvalue weighted by atomic mass is 10.0. The Balaban J connectivity index is 1.48. The summed E-state index contributed by atoms with van der Waals surface area (Å²) in [7, 11) is 1.70. The van der Waals surface area contributed by atoms with Crippen molar-refractivity contribution in [2.24, 2.45) is 11.3 Å². The normalized spacial score (nSPS) is 32.7. The number of hydrogen-bond acceptors (Lipinski definition) is 3. The Hall–Kier alpha value is -0.570. The molecule has 0 N–H and O–H groups in total. The zero-order chi connectivity index (χ0) is 11.2. The monoisotopic (exact) mass is 224 g/mol. The maximum atomic E-state index is 11.9. The van der Waals surface area contributed by atoms with Gasteiger partial charge in [-0.1, -0.05) is 12.8 Å². The quantitative estimate of drug-likeness (QED) is 0.687. The van der Waals surface area contributed by atoms with E-state index in [0.717, 1.165) is 19.3 Å². The van der Waals surface area contributed by atoms with Gasteiger partial charge in [0.15, 0.2) is 0 Å². The number of rotatable bonds is 4. The van der Waals surface area contributed by atoms with Gasteiger partial charge in [-0.2, -0.15) is 0 Å². The van der Waals surface area contributed by atoms with Crippen molar-refractivity contribution in [2.75, 3.05) is 13.7 Å². The minimum atomic E-state index is -0.118. The van der Waals surface area contributed by atoms with E-state index in [0.29, 0.717) is 12.0 Å². The van der Waals surface area contributed by atoms with Gasteiger partial charge in [0.2, 0.25) is 0 Å². The average molecular weight is 224 g/mol. The van der Waals surface area contributed by atoms with E-state index < -0.39 is 0 Å². The van der Waals surface area contributed by atoms with Crippen molar-refractivity contribution in [1.82, 2.24) is 0 Å². The van der Waals surface area contributed by atoms with Gasteiger partial charge >= 0.3 is 5.97 Å². The first-order valence-corrected chi connectivity index (χ1v) is 6.42. The molecule has 1 atom stereocenters. The van der Waals surface area contributed by atoms with Crippen molar-refractivity contribution < 1.29 is 14.3 Å². The van der Waals surface area contributed by atoms with E-state index in [-0.39, 0.29) is 17.5 Å². The van der Waals surface area contributed by atoms with Gasteiger partial charge in [0.25, 0.3) is 0 Å². The molecule has 0 radical (unpaired) electrons. The molecule has 3 aliphatic carbocycles. The lowest BCUT2D eigenvalue weighted by Gasteiger charge is -2.14. The number of esters is 1. The molecule has 3 nitrogen and oxygen atoms in total. The molecule has 0 saturated heterocycles. The molecule has 0 aromatic carbocycles. The summed E-state index contributed by atoms with van der Waals surface area (Å²) >= 11 is 0. The highest BCUT2D eigenvalue weighted by Crippen LogP contribution is 2.63. The van der Waals surface area contributed by atoms with Gasteiger partial charge in [0.1, 0.15) is 12.2 Å². The van der Waals surface area contributed by atoms with E-state index in [9.17, 15) is 4.79 Å². The second-order valence-corrected chi connectivity index (χ2v) is 5.82. The summed E-state index contributed by atoms with van der Waals surface area (Å²) in [5, 5.41) is 0. The summed E-state index contributed by atoms with van der Waals surface area (Å²) in [5.74, 6) is 0.243. The lowest BCUT2D eigenvalue weighted by molar-refractivity contribution is -0.150. The minimum absolute atomic E-state index is 0.0326. The Labute approximate surface area is 96.5 Å². The number of methoxy groups -OCH3 is 1. The SMILES string of the molecule is COC1(COC(=O)C2CC23CCCC3)CC1. The molecule has 1 spiro atoms. The lowest BCUT2D eigenvalue weighted by Crippen LogP contribution is -2.23. The summed E-state index contributed by atoms with van der Waals surface area (Å²) in [4.78, 5) is 11.9. The summed E-state index contributed by atoms with van der Waals surface area (Å²) in [5.41, 5.74) is 0.244. The van der Waals surface area contributed by atoms with Crippen molar-refractivity contribution in [3.05, 3.63) is 0 Å². The first-order valence-electron chi connectivity index (χ1n) is 6.42. The van der Waals surface area contributed by atoms with E-state index >= 15 is 0 Å². The number of carbonyl (C=O) groups is 1. The zero-order valence-electron chi connectivity index (χ0n) is 9.96. The van der Waals surface area contributed by atoms with Crippen LogP contribution in [-0.4, -0.2) is 25.3 Å². The summed E-state index contributed by atoms with van der Waals surface area (Å²) in [6, 6.07) is 0. The Morgan fingerprint density at radius 3 is 2.50 bits per heavy atom. The van der Waals surface area contributed by atoms with Crippen LogP contribution in [0.25, 0.3) is 0 Å². The number of ether oxygens (including phenoxy) is 2. The van der Waals surface area contributed by atoms with Crippen LogP contribution < -0.4 is 0 Å². The van der Waals surface area contributed by atoms with Crippen LogP contribution in [0.3, 0.4) is 0 Å². The summed E-state index contributed by atoms with van der Waals surface area (Å²) < 4.78 is 10.7. The highest BCUT2D eigenvalue weighted by Gasteiger charge is 2.60. The van der Waals surface area contributed by atoms with E-state index in [1.54, 1.807) is 7.11 Å². The molecule has 0 heterocycles. The second kappa shape index (κ2) is 3.46. The van der Waals surface area contributed by atoms with Crippen molar-refractivity contribution in [3.63, 3.8) is 0 Å². The fraction of sp³-hybridized carbons (Fsp3) is 0.923. The van der Waals surface area contributed by atoms with Gasteiger partial charge in [0, 0.05) is 7.11 Å². The molecule has 0 aromatic heterocycles. The minimum Gasteiger partial charge on any atom is -0.462 e. The van der Waals surface area contributed by atoms with Crippen LogP contribution in [0.1, 0.15) is 44.9 Å². The van der Waals surface area contributed by atoms with Crippen LogP contribution in [0.15, 0.2) is 0 Å². The Morgan fingerprint density at radius 2 is 1.94 bits per heavy atom. The van der Waals surface area contributed by atoms with E-state index in [1.165, 1.54) is 25.7 Å². The third-order valence-corrected chi connectivity index (χ3v) is 4.79. The van der Waals surface area contributed by atoms with Gasteiger partial charge in [-0.25, -0.2) is 0 Å². The summed E-state index contributed by atoms with van der Waals surface area (Å²) in [6.45, 7) is 0.467. The van der Waals surface area contributed by atoms with Crippen LogP contribution in [0.4, 0.5) is 0 Å². The maximum absolute atomic E-state index is 11.9. The highest BCUT2D eigenvalue weighted by atomic mass is 16.6. The Bertz CT molecular complexity index is 300. The average Bonchev–Trinajstić information content (AvgIpc) is 3.14. The number of hydrogen-bond donors (Lipinski definition) is 0. The predicted octanol–water partition coefficient (Wildman–Crippen LogP) is 2.29. The third kappa shape index (κ3) is 1.65. The molecular weight excluding hydrogens is 204 g/mol. The van der Waals surface area contributed by atoms with Crippen molar-refractivity contribution in [2.45, 2.75) is 50.5 Å². The van der Waals surface area contributed by atoms with Crippen molar-refractivity contribution in [3.8, 4) is 0 Å². The fourth-order valence-electron chi connectivity index (χ4n) is 3.16.